The highest BCUT2D eigenvalue weighted by Crippen LogP contribution is 2.37. The lowest BCUT2D eigenvalue weighted by Gasteiger charge is -2.39. The SMILES string of the molecule is N#Cc1ccc(Oc2ccc(S(=O)(=O)N3CCC4OCCC4C3OC(=O)O)cc2)cc1. The molecule has 2 aliphatic rings. The first-order valence-corrected chi connectivity index (χ1v) is 11.1. The number of carbonyl (C=O) groups is 1. The molecule has 2 fully saturated rings. The molecule has 2 aromatic carbocycles. The van der Waals surface area contributed by atoms with Crippen molar-refractivity contribution in [2.75, 3.05) is 13.2 Å². The summed E-state index contributed by atoms with van der Waals surface area (Å²) in [6.07, 6.45) is -1.85. The van der Waals surface area contributed by atoms with Gasteiger partial charge in [0.05, 0.1) is 22.6 Å². The molecule has 0 amide bonds. The van der Waals surface area contributed by atoms with Crippen LogP contribution in [0.4, 0.5) is 4.79 Å². The molecule has 0 aromatic heterocycles. The van der Waals surface area contributed by atoms with Gasteiger partial charge in [-0.1, -0.05) is 0 Å². The number of hydrogen-bond donors (Lipinski definition) is 1. The summed E-state index contributed by atoms with van der Waals surface area (Å²) in [4.78, 5) is 11.2. The summed E-state index contributed by atoms with van der Waals surface area (Å²) in [7, 11) is -4.00. The number of nitrogens with zero attached hydrogens (tertiary/aromatic N) is 2. The summed E-state index contributed by atoms with van der Waals surface area (Å²) >= 11 is 0. The molecule has 0 aliphatic carbocycles. The molecule has 2 aliphatic heterocycles. The van der Waals surface area contributed by atoms with Crippen molar-refractivity contribution in [3.63, 3.8) is 0 Å². The van der Waals surface area contributed by atoms with Crippen LogP contribution >= 0.6 is 0 Å². The van der Waals surface area contributed by atoms with Crippen LogP contribution in [0.1, 0.15) is 18.4 Å². The van der Waals surface area contributed by atoms with Gasteiger partial charge in [0, 0.05) is 19.1 Å². The molecule has 3 unspecified atom stereocenters. The van der Waals surface area contributed by atoms with E-state index in [2.05, 4.69) is 0 Å². The van der Waals surface area contributed by atoms with Gasteiger partial charge in [0.2, 0.25) is 10.0 Å². The number of benzene rings is 2. The summed E-state index contributed by atoms with van der Waals surface area (Å²) in [5.41, 5.74) is 0.503. The first kappa shape index (κ1) is 21.1. The van der Waals surface area contributed by atoms with E-state index in [9.17, 15) is 13.2 Å². The molecule has 0 spiro atoms. The third-order valence-electron chi connectivity index (χ3n) is 5.42. The van der Waals surface area contributed by atoms with E-state index in [4.69, 9.17) is 24.6 Å². The van der Waals surface area contributed by atoms with Crippen molar-refractivity contribution in [2.24, 2.45) is 5.92 Å². The molecule has 2 heterocycles. The van der Waals surface area contributed by atoms with E-state index in [0.29, 0.717) is 36.5 Å². The maximum absolute atomic E-state index is 13.2. The van der Waals surface area contributed by atoms with Gasteiger partial charge >= 0.3 is 6.16 Å². The predicted octanol–water partition coefficient (Wildman–Crippen LogP) is 3.17. The van der Waals surface area contributed by atoms with E-state index in [-0.39, 0.29) is 23.5 Å². The van der Waals surface area contributed by atoms with Crippen molar-refractivity contribution in [3.05, 3.63) is 54.1 Å². The minimum absolute atomic E-state index is 0.0102. The third-order valence-corrected chi connectivity index (χ3v) is 7.29. The van der Waals surface area contributed by atoms with Crippen molar-refractivity contribution in [1.82, 2.24) is 4.31 Å². The van der Waals surface area contributed by atoms with E-state index < -0.39 is 22.4 Å². The molecule has 10 heteroatoms. The Morgan fingerprint density at radius 3 is 2.35 bits per heavy atom. The van der Waals surface area contributed by atoms with Gasteiger partial charge in [-0.3, -0.25) is 0 Å². The molecule has 4 rings (SSSR count). The van der Waals surface area contributed by atoms with Gasteiger partial charge in [0.15, 0.2) is 6.23 Å². The molecular formula is C21H20N2O7S. The van der Waals surface area contributed by atoms with Crippen LogP contribution in [-0.2, 0) is 19.5 Å². The van der Waals surface area contributed by atoms with Crippen LogP contribution in [0.2, 0.25) is 0 Å². The first-order valence-electron chi connectivity index (χ1n) is 9.69. The second-order valence-corrected chi connectivity index (χ2v) is 9.14. The van der Waals surface area contributed by atoms with Gasteiger partial charge in [-0.15, -0.1) is 0 Å². The third kappa shape index (κ3) is 4.34. The lowest BCUT2D eigenvalue weighted by molar-refractivity contribution is -0.0791. The highest BCUT2D eigenvalue weighted by molar-refractivity contribution is 7.89. The van der Waals surface area contributed by atoms with Gasteiger partial charge in [0.25, 0.3) is 0 Å². The van der Waals surface area contributed by atoms with Gasteiger partial charge in [0.1, 0.15) is 11.5 Å². The zero-order valence-electron chi connectivity index (χ0n) is 16.4. The lowest BCUT2D eigenvalue weighted by atomic mass is 9.93. The van der Waals surface area contributed by atoms with E-state index in [1.54, 1.807) is 24.3 Å². The van der Waals surface area contributed by atoms with Crippen LogP contribution in [0.5, 0.6) is 11.5 Å². The molecule has 0 saturated carbocycles. The average Bonchev–Trinajstić information content (AvgIpc) is 3.24. The quantitative estimate of drug-likeness (QED) is 0.697. The first-order chi connectivity index (χ1) is 14.9. The summed E-state index contributed by atoms with van der Waals surface area (Å²) in [5.74, 6) is 0.594. The maximum atomic E-state index is 13.2. The van der Waals surface area contributed by atoms with Crippen LogP contribution in [0.15, 0.2) is 53.4 Å². The van der Waals surface area contributed by atoms with Gasteiger partial charge < -0.3 is 19.3 Å². The summed E-state index contributed by atoms with van der Waals surface area (Å²) < 4.78 is 43.9. The molecule has 9 nitrogen and oxygen atoms in total. The van der Waals surface area contributed by atoms with Crippen molar-refractivity contribution >= 4 is 16.2 Å². The zero-order valence-corrected chi connectivity index (χ0v) is 17.2. The monoisotopic (exact) mass is 444 g/mol. The lowest BCUT2D eigenvalue weighted by Crippen LogP contribution is -2.53. The van der Waals surface area contributed by atoms with E-state index >= 15 is 0 Å². The van der Waals surface area contributed by atoms with Crippen molar-refractivity contribution in [1.29, 1.82) is 5.26 Å². The fourth-order valence-electron chi connectivity index (χ4n) is 3.94. The van der Waals surface area contributed by atoms with Crippen LogP contribution in [-0.4, -0.2) is 49.5 Å². The van der Waals surface area contributed by atoms with E-state index in [0.717, 1.165) is 4.31 Å². The second-order valence-electron chi connectivity index (χ2n) is 7.25. The molecule has 2 aromatic rings. The standard InChI is InChI=1S/C21H20N2O7S/c22-13-14-1-3-15(4-2-14)29-16-5-7-17(8-6-16)31(26,27)23-11-9-19-18(10-12-28-19)20(23)30-21(24)25/h1-8,18-20H,9-12H2,(H,24,25). The van der Waals surface area contributed by atoms with Crippen molar-refractivity contribution < 1.29 is 32.5 Å². The highest BCUT2D eigenvalue weighted by Gasteiger charge is 2.48. The second kappa shape index (κ2) is 8.55. The number of hydrogen-bond acceptors (Lipinski definition) is 7. The number of piperidine rings is 1. The van der Waals surface area contributed by atoms with Crippen LogP contribution < -0.4 is 4.74 Å². The number of carboxylic acid groups (broad SMARTS) is 1. The summed E-state index contributed by atoms with van der Waals surface area (Å²) in [6.45, 7) is 0.551. The zero-order chi connectivity index (χ0) is 22.0. The normalized spacial score (nSPS) is 23.5. The average molecular weight is 444 g/mol. The van der Waals surface area contributed by atoms with E-state index in [1.807, 2.05) is 6.07 Å². The Morgan fingerprint density at radius 1 is 1.10 bits per heavy atom. The topological polar surface area (TPSA) is 126 Å². The molecular weight excluding hydrogens is 424 g/mol. The summed E-state index contributed by atoms with van der Waals surface area (Å²) in [5, 5.41) is 18.0. The largest absolute Gasteiger partial charge is 0.507 e. The predicted molar refractivity (Wildman–Crippen MR) is 107 cm³/mol. The van der Waals surface area contributed by atoms with Gasteiger partial charge in [-0.05, 0) is 61.4 Å². The Hall–Kier alpha value is -3.13. The smallest absolute Gasteiger partial charge is 0.457 e. The number of nitriles is 1. The fourth-order valence-corrected chi connectivity index (χ4v) is 5.51. The Labute approximate surface area is 179 Å². The minimum atomic E-state index is -4.00. The maximum Gasteiger partial charge on any atom is 0.507 e. The van der Waals surface area contributed by atoms with Gasteiger partial charge in [-0.2, -0.15) is 9.57 Å². The van der Waals surface area contributed by atoms with Crippen LogP contribution in [0.3, 0.4) is 0 Å². The Balaban J connectivity index is 1.54. The number of fused-ring (bicyclic) bond motifs is 1. The van der Waals surface area contributed by atoms with Crippen molar-refractivity contribution in [2.45, 2.75) is 30.1 Å². The molecule has 1 N–H and O–H groups in total. The van der Waals surface area contributed by atoms with Crippen molar-refractivity contribution in [3.8, 4) is 17.6 Å². The van der Waals surface area contributed by atoms with Crippen LogP contribution in [0, 0.1) is 17.2 Å². The highest BCUT2D eigenvalue weighted by atomic mass is 32.2. The fraction of sp³-hybridized carbons (Fsp3) is 0.333. The molecule has 162 valence electrons. The Kier molecular flexibility index (Phi) is 5.82. The van der Waals surface area contributed by atoms with Crippen LogP contribution in [0.25, 0.3) is 0 Å². The molecule has 3 atom stereocenters. The van der Waals surface area contributed by atoms with E-state index in [1.165, 1.54) is 24.3 Å². The number of ether oxygens (including phenoxy) is 3. The Morgan fingerprint density at radius 2 is 1.74 bits per heavy atom. The minimum Gasteiger partial charge on any atom is -0.457 e. The molecule has 2 saturated heterocycles. The number of sulfonamides is 1. The number of rotatable bonds is 5. The summed E-state index contributed by atoms with van der Waals surface area (Å²) in [6, 6.07) is 14.4. The molecule has 0 bridgehead atoms. The van der Waals surface area contributed by atoms with Gasteiger partial charge in [-0.25, -0.2) is 13.2 Å². The molecule has 0 radical (unpaired) electrons. The molecule has 31 heavy (non-hydrogen) atoms. The Bertz CT molecular complexity index is 1090.